The number of hydrogen-bond acceptors (Lipinski definition) is 4. The van der Waals surface area contributed by atoms with Crippen molar-refractivity contribution < 1.29 is 9.59 Å². The van der Waals surface area contributed by atoms with Crippen LogP contribution >= 0.6 is 11.8 Å². The number of carbonyl (C=O) groups excluding carboxylic acids is 2. The molecule has 158 valence electrons. The number of carbonyl (C=O) groups is 2. The molecule has 2 aromatic carbocycles. The Morgan fingerprint density at radius 1 is 1.13 bits per heavy atom. The molecule has 0 spiro atoms. The number of benzene rings is 2. The van der Waals surface area contributed by atoms with Crippen LogP contribution in [-0.2, 0) is 0 Å². The average molecular weight is 424 g/mol. The van der Waals surface area contributed by atoms with Crippen LogP contribution in [0.3, 0.4) is 0 Å². The van der Waals surface area contributed by atoms with Gasteiger partial charge < -0.3 is 10.6 Å². The fraction of sp³-hybridized carbons (Fsp3) is 0.417. The lowest BCUT2D eigenvalue weighted by atomic mass is 9.97. The van der Waals surface area contributed by atoms with Crippen molar-refractivity contribution in [3.8, 4) is 0 Å². The third-order valence-corrected chi connectivity index (χ3v) is 7.25. The Kier molecular flexibility index (Phi) is 6.44. The molecule has 2 aliphatic heterocycles. The fourth-order valence-electron chi connectivity index (χ4n) is 4.39. The summed E-state index contributed by atoms with van der Waals surface area (Å²) in [6.45, 7) is 6.26. The van der Waals surface area contributed by atoms with E-state index < -0.39 is 0 Å². The predicted molar refractivity (Wildman–Crippen MR) is 121 cm³/mol. The second-order valence-corrected chi connectivity index (χ2v) is 9.32. The monoisotopic (exact) mass is 423 g/mol. The van der Waals surface area contributed by atoms with Gasteiger partial charge in [0.25, 0.3) is 11.8 Å². The summed E-state index contributed by atoms with van der Waals surface area (Å²) in [6, 6.07) is 14.3. The van der Waals surface area contributed by atoms with Gasteiger partial charge in [0.2, 0.25) is 0 Å². The summed E-state index contributed by atoms with van der Waals surface area (Å²) in [7, 11) is 0. The first-order chi connectivity index (χ1) is 14.5. The Labute approximate surface area is 182 Å². The molecule has 1 fully saturated rings. The van der Waals surface area contributed by atoms with Crippen molar-refractivity contribution in [2.45, 2.75) is 61.4 Å². The standard InChI is InChI=1S/C24H29N3O2S/c1-16-7-5-8-17(2)27(16)14-6-13-25-23(28)18-11-12-22-20(15-18)26-24(29)19-9-3-4-10-21(19)30-22/h3-4,9-12,15-17H,5-8,13-14H2,1-2H3,(H,25,28)(H,26,29)/t16-,17-/m1/s1. The first-order valence-corrected chi connectivity index (χ1v) is 11.6. The van der Waals surface area contributed by atoms with Crippen molar-refractivity contribution in [3.05, 3.63) is 53.6 Å². The topological polar surface area (TPSA) is 61.4 Å². The first kappa shape index (κ1) is 20.9. The predicted octanol–water partition coefficient (Wildman–Crippen LogP) is 4.79. The molecule has 2 heterocycles. The van der Waals surface area contributed by atoms with Crippen LogP contribution in [0.2, 0.25) is 0 Å². The minimum atomic E-state index is -0.140. The van der Waals surface area contributed by atoms with Gasteiger partial charge in [-0.15, -0.1) is 0 Å². The Bertz CT molecular complexity index is 936. The van der Waals surface area contributed by atoms with E-state index in [2.05, 4.69) is 29.4 Å². The number of likely N-dealkylation sites (tertiary alicyclic amines) is 1. The maximum absolute atomic E-state index is 12.7. The van der Waals surface area contributed by atoms with Crippen molar-refractivity contribution in [3.63, 3.8) is 0 Å². The van der Waals surface area contributed by atoms with Gasteiger partial charge in [0.15, 0.2) is 0 Å². The van der Waals surface area contributed by atoms with E-state index in [0.29, 0.717) is 35.4 Å². The van der Waals surface area contributed by atoms with Crippen LogP contribution in [-0.4, -0.2) is 41.9 Å². The van der Waals surface area contributed by atoms with E-state index in [1.807, 2.05) is 36.4 Å². The molecule has 30 heavy (non-hydrogen) atoms. The van der Waals surface area contributed by atoms with Gasteiger partial charge in [-0.3, -0.25) is 14.5 Å². The van der Waals surface area contributed by atoms with Crippen LogP contribution in [0.25, 0.3) is 0 Å². The largest absolute Gasteiger partial charge is 0.352 e. The summed E-state index contributed by atoms with van der Waals surface area (Å²) in [4.78, 5) is 29.6. The molecule has 6 heteroatoms. The number of piperidine rings is 1. The molecule has 2 N–H and O–H groups in total. The zero-order valence-corrected chi connectivity index (χ0v) is 18.4. The van der Waals surface area contributed by atoms with E-state index in [1.54, 1.807) is 17.8 Å². The van der Waals surface area contributed by atoms with Gasteiger partial charge in [-0.1, -0.05) is 30.3 Å². The third kappa shape index (κ3) is 4.55. The van der Waals surface area contributed by atoms with Crippen molar-refractivity contribution in [1.29, 1.82) is 0 Å². The molecule has 0 aliphatic carbocycles. The molecule has 5 nitrogen and oxygen atoms in total. The number of nitrogens with zero attached hydrogens (tertiary/aromatic N) is 1. The Morgan fingerprint density at radius 2 is 1.90 bits per heavy atom. The van der Waals surface area contributed by atoms with Gasteiger partial charge in [0.05, 0.1) is 11.3 Å². The Balaban J connectivity index is 1.35. The van der Waals surface area contributed by atoms with E-state index in [0.717, 1.165) is 22.8 Å². The zero-order chi connectivity index (χ0) is 21.1. The lowest BCUT2D eigenvalue weighted by Crippen LogP contribution is -2.44. The van der Waals surface area contributed by atoms with Crippen LogP contribution in [0.5, 0.6) is 0 Å². The highest BCUT2D eigenvalue weighted by atomic mass is 32.2. The zero-order valence-electron chi connectivity index (χ0n) is 17.6. The molecule has 1 saturated heterocycles. The number of hydrogen-bond donors (Lipinski definition) is 2. The molecule has 0 radical (unpaired) electrons. The molecular weight excluding hydrogens is 394 g/mol. The minimum absolute atomic E-state index is 0.0986. The highest BCUT2D eigenvalue weighted by molar-refractivity contribution is 7.99. The van der Waals surface area contributed by atoms with Crippen LogP contribution < -0.4 is 10.6 Å². The van der Waals surface area contributed by atoms with Crippen LogP contribution in [0.4, 0.5) is 5.69 Å². The Hall–Kier alpha value is -2.31. The van der Waals surface area contributed by atoms with Crippen molar-refractivity contribution >= 4 is 29.3 Å². The average Bonchev–Trinajstić information content (AvgIpc) is 2.88. The second kappa shape index (κ2) is 9.23. The quantitative estimate of drug-likeness (QED) is 0.679. The highest BCUT2D eigenvalue weighted by Crippen LogP contribution is 2.39. The van der Waals surface area contributed by atoms with E-state index in [4.69, 9.17) is 0 Å². The van der Waals surface area contributed by atoms with Gasteiger partial charge >= 0.3 is 0 Å². The van der Waals surface area contributed by atoms with E-state index in [9.17, 15) is 9.59 Å². The molecule has 0 bridgehead atoms. The molecule has 2 atom stereocenters. The summed E-state index contributed by atoms with van der Waals surface area (Å²) in [5, 5.41) is 5.98. The smallest absolute Gasteiger partial charge is 0.256 e. The second-order valence-electron chi connectivity index (χ2n) is 8.24. The van der Waals surface area contributed by atoms with Crippen LogP contribution in [0.1, 0.15) is 60.2 Å². The molecule has 4 rings (SSSR count). The van der Waals surface area contributed by atoms with Gasteiger partial charge in [-0.25, -0.2) is 0 Å². The molecule has 0 unspecified atom stereocenters. The fourth-order valence-corrected chi connectivity index (χ4v) is 5.40. The number of rotatable bonds is 5. The molecular formula is C24H29N3O2S. The maximum Gasteiger partial charge on any atom is 0.256 e. The van der Waals surface area contributed by atoms with E-state index >= 15 is 0 Å². The minimum Gasteiger partial charge on any atom is -0.352 e. The first-order valence-electron chi connectivity index (χ1n) is 10.8. The summed E-state index contributed by atoms with van der Waals surface area (Å²) in [5.74, 6) is -0.238. The normalized spacial score (nSPS) is 21.2. The van der Waals surface area contributed by atoms with Gasteiger partial charge in [0, 0.05) is 40.5 Å². The number of nitrogens with one attached hydrogen (secondary N) is 2. The lowest BCUT2D eigenvalue weighted by Gasteiger charge is -2.39. The van der Waals surface area contributed by atoms with Crippen molar-refractivity contribution in [1.82, 2.24) is 10.2 Å². The third-order valence-electron chi connectivity index (χ3n) is 6.10. The lowest BCUT2D eigenvalue weighted by molar-refractivity contribution is 0.0924. The summed E-state index contributed by atoms with van der Waals surface area (Å²) in [6.07, 6.45) is 4.78. The molecule has 0 saturated carbocycles. The number of anilines is 1. The SMILES string of the molecule is C[C@@H]1CCC[C@@H](C)N1CCCNC(=O)c1ccc2c(c1)NC(=O)c1ccccc1S2. The summed E-state index contributed by atoms with van der Waals surface area (Å²) in [5.41, 5.74) is 1.91. The summed E-state index contributed by atoms with van der Waals surface area (Å²) >= 11 is 1.54. The van der Waals surface area contributed by atoms with Crippen molar-refractivity contribution in [2.75, 3.05) is 18.4 Å². The number of fused-ring (bicyclic) bond motifs is 2. The molecule has 2 aromatic rings. The molecule has 2 aliphatic rings. The van der Waals surface area contributed by atoms with Gasteiger partial charge in [-0.2, -0.15) is 0 Å². The van der Waals surface area contributed by atoms with Gasteiger partial charge in [0.1, 0.15) is 0 Å². The van der Waals surface area contributed by atoms with Gasteiger partial charge in [-0.05, 0) is 63.4 Å². The summed E-state index contributed by atoms with van der Waals surface area (Å²) < 4.78 is 0. The molecule has 0 aromatic heterocycles. The number of amides is 2. The van der Waals surface area contributed by atoms with Crippen molar-refractivity contribution in [2.24, 2.45) is 0 Å². The Morgan fingerprint density at radius 3 is 2.70 bits per heavy atom. The van der Waals surface area contributed by atoms with E-state index in [-0.39, 0.29) is 11.8 Å². The maximum atomic E-state index is 12.7. The van der Waals surface area contributed by atoms with E-state index in [1.165, 1.54) is 19.3 Å². The highest BCUT2D eigenvalue weighted by Gasteiger charge is 2.24. The van der Waals surface area contributed by atoms with Crippen LogP contribution in [0, 0.1) is 0 Å². The van der Waals surface area contributed by atoms with Crippen LogP contribution in [0.15, 0.2) is 52.3 Å². The molecule has 2 amide bonds.